The second kappa shape index (κ2) is 3.95. The Morgan fingerprint density at radius 2 is 1.67 bits per heavy atom. The van der Waals surface area contributed by atoms with Gasteiger partial charge in [-0.05, 0) is 18.2 Å². The van der Waals surface area contributed by atoms with E-state index in [1.165, 1.54) is 18.3 Å². The number of nitrogens with zero attached hydrogens (tertiary/aromatic N) is 2. The maximum absolute atomic E-state index is 11.1. The summed E-state index contributed by atoms with van der Waals surface area (Å²) in [5, 5.41) is -1.13. The highest BCUT2D eigenvalue weighted by molar-refractivity contribution is 7.89. The summed E-state index contributed by atoms with van der Waals surface area (Å²) in [4.78, 5) is 6.22. The van der Waals surface area contributed by atoms with Crippen molar-refractivity contribution in [3.8, 4) is 0 Å². The highest BCUT2D eigenvalue weighted by Gasteiger charge is 2.26. The summed E-state index contributed by atoms with van der Waals surface area (Å²) < 4.78 is 62.0. The number of hydrogen-bond donors (Lipinski definition) is 2. The third-order valence-electron chi connectivity index (χ3n) is 2.04. The lowest BCUT2D eigenvalue weighted by Crippen LogP contribution is -2.11. The standard InChI is InChI=1S/C8H6N2O6S2/c11-17(12,13)7-4-6-5(2-1-3-9-6)10-8(7)18(14,15)16/h1-4H,(H,11,12,13)(H,14,15,16). The predicted molar refractivity (Wildman–Crippen MR) is 59.2 cm³/mol. The molecule has 10 heteroatoms. The van der Waals surface area contributed by atoms with Crippen molar-refractivity contribution in [1.29, 1.82) is 0 Å². The van der Waals surface area contributed by atoms with E-state index in [1.807, 2.05) is 0 Å². The molecule has 2 aromatic rings. The van der Waals surface area contributed by atoms with Crippen LogP contribution in [0.3, 0.4) is 0 Å². The molecule has 0 aliphatic rings. The highest BCUT2D eigenvalue weighted by atomic mass is 32.2. The van der Waals surface area contributed by atoms with E-state index in [4.69, 9.17) is 9.11 Å². The Hall–Kier alpha value is -1.62. The molecular formula is C8H6N2O6S2. The molecule has 18 heavy (non-hydrogen) atoms. The molecule has 0 unspecified atom stereocenters. The van der Waals surface area contributed by atoms with Gasteiger partial charge in [0.15, 0.2) is 0 Å². The molecule has 0 atom stereocenters. The fraction of sp³-hybridized carbons (Fsp3) is 0. The average Bonchev–Trinajstić information content (AvgIpc) is 2.25. The van der Waals surface area contributed by atoms with Crippen LogP contribution in [0.5, 0.6) is 0 Å². The van der Waals surface area contributed by atoms with E-state index in [9.17, 15) is 16.8 Å². The Morgan fingerprint density at radius 3 is 2.22 bits per heavy atom. The minimum atomic E-state index is -4.89. The van der Waals surface area contributed by atoms with Gasteiger partial charge in [-0.3, -0.25) is 14.1 Å². The fourth-order valence-electron chi connectivity index (χ4n) is 1.33. The molecule has 0 bridgehead atoms. The molecule has 0 spiro atoms. The normalized spacial score (nSPS) is 12.8. The largest absolute Gasteiger partial charge is 0.313 e. The number of rotatable bonds is 2. The number of hydrogen-bond acceptors (Lipinski definition) is 6. The van der Waals surface area contributed by atoms with Crippen LogP contribution < -0.4 is 0 Å². The monoisotopic (exact) mass is 290 g/mol. The topological polar surface area (TPSA) is 135 Å². The maximum atomic E-state index is 11.1. The zero-order chi connectivity index (χ0) is 13.6. The quantitative estimate of drug-likeness (QED) is 0.745. The van der Waals surface area contributed by atoms with Crippen molar-refractivity contribution in [1.82, 2.24) is 9.97 Å². The summed E-state index contributed by atoms with van der Waals surface area (Å²) in [5.74, 6) is 0. The van der Waals surface area contributed by atoms with Crippen LogP contribution in [0.1, 0.15) is 0 Å². The van der Waals surface area contributed by atoms with Gasteiger partial charge in [0.05, 0.1) is 11.0 Å². The first-order chi connectivity index (χ1) is 8.19. The molecule has 0 aliphatic carbocycles. The fourth-order valence-corrected chi connectivity index (χ4v) is 3.02. The second-order valence-corrected chi connectivity index (χ2v) is 6.01. The molecule has 0 aromatic carbocycles. The Morgan fingerprint density at radius 1 is 1.00 bits per heavy atom. The van der Waals surface area contributed by atoms with E-state index in [0.717, 1.165) is 6.07 Å². The van der Waals surface area contributed by atoms with Gasteiger partial charge in [0, 0.05) is 6.20 Å². The molecule has 2 aromatic heterocycles. The van der Waals surface area contributed by atoms with Crippen LogP contribution in [-0.4, -0.2) is 35.9 Å². The Kier molecular flexibility index (Phi) is 2.81. The molecule has 2 heterocycles. The summed E-state index contributed by atoms with van der Waals surface area (Å²) >= 11 is 0. The van der Waals surface area contributed by atoms with Gasteiger partial charge in [0.25, 0.3) is 10.1 Å². The molecule has 0 radical (unpaired) electrons. The van der Waals surface area contributed by atoms with Crippen LogP contribution in [0.4, 0.5) is 0 Å². The zero-order valence-electron chi connectivity index (χ0n) is 8.55. The molecule has 8 nitrogen and oxygen atoms in total. The Balaban J connectivity index is 2.99. The van der Waals surface area contributed by atoms with Crippen LogP contribution in [0.15, 0.2) is 34.3 Å². The minimum absolute atomic E-state index is 0.0672. The third kappa shape index (κ3) is 2.31. The lowest BCUT2D eigenvalue weighted by molar-refractivity contribution is 0.462. The first kappa shape index (κ1) is 12.8. The average molecular weight is 290 g/mol. The van der Waals surface area contributed by atoms with Crippen molar-refractivity contribution < 1.29 is 25.9 Å². The maximum Gasteiger partial charge on any atom is 0.313 e. The van der Waals surface area contributed by atoms with Gasteiger partial charge in [0.1, 0.15) is 4.90 Å². The van der Waals surface area contributed by atoms with Crippen molar-refractivity contribution in [3.63, 3.8) is 0 Å². The lowest BCUT2D eigenvalue weighted by atomic mass is 10.3. The van der Waals surface area contributed by atoms with Gasteiger partial charge in [-0.25, -0.2) is 4.98 Å². The minimum Gasteiger partial charge on any atom is -0.282 e. The van der Waals surface area contributed by atoms with Crippen molar-refractivity contribution >= 4 is 31.3 Å². The predicted octanol–water partition coefficient (Wildman–Crippen LogP) is 0.123. The van der Waals surface area contributed by atoms with E-state index in [0.29, 0.717) is 0 Å². The molecular weight excluding hydrogens is 284 g/mol. The van der Waals surface area contributed by atoms with Crippen molar-refractivity contribution in [2.24, 2.45) is 0 Å². The van der Waals surface area contributed by atoms with Crippen LogP contribution in [-0.2, 0) is 20.2 Å². The SMILES string of the molecule is O=S(=O)(O)c1cc2ncccc2nc1S(=O)(=O)O. The van der Waals surface area contributed by atoms with Crippen LogP contribution >= 0.6 is 0 Å². The number of aromatic nitrogens is 2. The third-order valence-corrected chi connectivity index (χ3v) is 3.84. The molecule has 2 rings (SSSR count). The summed E-state index contributed by atoms with van der Waals surface area (Å²) in [7, 11) is -9.74. The molecule has 2 N–H and O–H groups in total. The van der Waals surface area contributed by atoms with Gasteiger partial charge >= 0.3 is 10.1 Å². The Labute approximate surface area is 102 Å². The molecule has 96 valence electrons. The number of fused-ring (bicyclic) bond motifs is 1. The van der Waals surface area contributed by atoms with E-state index >= 15 is 0 Å². The highest BCUT2D eigenvalue weighted by Crippen LogP contribution is 2.22. The Bertz CT molecular complexity index is 757. The molecule has 0 amide bonds. The van der Waals surface area contributed by atoms with Crippen LogP contribution in [0, 0.1) is 0 Å². The van der Waals surface area contributed by atoms with Gasteiger partial charge in [0.2, 0.25) is 5.03 Å². The van der Waals surface area contributed by atoms with Gasteiger partial charge in [-0.1, -0.05) is 0 Å². The van der Waals surface area contributed by atoms with E-state index in [-0.39, 0.29) is 11.0 Å². The van der Waals surface area contributed by atoms with Gasteiger partial charge < -0.3 is 0 Å². The van der Waals surface area contributed by atoms with Crippen molar-refractivity contribution in [2.45, 2.75) is 9.92 Å². The van der Waals surface area contributed by atoms with Crippen molar-refractivity contribution in [2.75, 3.05) is 0 Å². The molecule has 0 saturated carbocycles. The van der Waals surface area contributed by atoms with Crippen LogP contribution in [0.2, 0.25) is 0 Å². The summed E-state index contributed by atoms with van der Waals surface area (Å²) in [6.07, 6.45) is 1.34. The first-order valence-electron chi connectivity index (χ1n) is 4.40. The lowest BCUT2D eigenvalue weighted by Gasteiger charge is -2.05. The summed E-state index contributed by atoms with van der Waals surface area (Å²) in [6.45, 7) is 0. The van der Waals surface area contributed by atoms with Crippen LogP contribution in [0.25, 0.3) is 11.0 Å². The van der Waals surface area contributed by atoms with Gasteiger partial charge in [-0.2, -0.15) is 16.8 Å². The summed E-state index contributed by atoms with van der Waals surface area (Å²) in [6, 6.07) is 3.65. The smallest absolute Gasteiger partial charge is 0.282 e. The van der Waals surface area contributed by atoms with Gasteiger partial charge in [-0.15, -0.1) is 0 Å². The second-order valence-electron chi connectivity index (χ2n) is 3.28. The first-order valence-corrected chi connectivity index (χ1v) is 7.28. The zero-order valence-corrected chi connectivity index (χ0v) is 10.2. The summed E-state index contributed by atoms with van der Waals surface area (Å²) in [5.41, 5.74) is 0.134. The van der Waals surface area contributed by atoms with Crippen molar-refractivity contribution in [3.05, 3.63) is 24.4 Å². The number of pyridine rings is 2. The molecule has 0 saturated heterocycles. The van der Waals surface area contributed by atoms with E-state index in [1.54, 1.807) is 0 Å². The molecule has 0 aliphatic heterocycles. The van der Waals surface area contributed by atoms with E-state index in [2.05, 4.69) is 9.97 Å². The van der Waals surface area contributed by atoms with E-state index < -0.39 is 30.2 Å². The molecule has 0 fully saturated rings.